The second-order valence-corrected chi connectivity index (χ2v) is 8.23. The van der Waals surface area contributed by atoms with Gasteiger partial charge < -0.3 is 14.8 Å². The molecule has 0 atom stereocenters. The van der Waals surface area contributed by atoms with Gasteiger partial charge in [-0.2, -0.15) is 0 Å². The molecular weight excluding hydrogens is 481 g/mol. The topological polar surface area (TPSA) is 91.2 Å². The van der Waals surface area contributed by atoms with Crippen LogP contribution < -0.4 is 14.8 Å². The number of methoxy groups -OCH3 is 1. The number of rotatable bonds is 9. The van der Waals surface area contributed by atoms with Crippen molar-refractivity contribution < 1.29 is 18.7 Å². The normalized spacial score (nSPS) is 10.7. The lowest BCUT2D eigenvalue weighted by Gasteiger charge is -2.12. The Balaban J connectivity index is 1.51. The molecule has 0 spiro atoms. The van der Waals surface area contributed by atoms with Crippen molar-refractivity contribution in [3.05, 3.63) is 83.5 Å². The average molecular weight is 500 g/mol. The number of hydrogen-bond acceptors (Lipinski definition) is 7. The Bertz CT molecular complexity index is 1270. The SMILES string of the molecule is COc1ccc(OCc2nnc(SCC(=O)Nc3ccc(Cl)cn3)n2-c2ccccc2F)cc1. The van der Waals surface area contributed by atoms with E-state index in [4.69, 9.17) is 21.1 Å². The molecule has 8 nitrogen and oxygen atoms in total. The third-order valence-electron chi connectivity index (χ3n) is 4.55. The van der Waals surface area contributed by atoms with Gasteiger partial charge in [0.1, 0.15) is 29.7 Å². The molecule has 34 heavy (non-hydrogen) atoms. The zero-order valence-electron chi connectivity index (χ0n) is 17.9. The number of thioether (sulfide) groups is 1. The number of carbonyl (C=O) groups excluding carboxylic acids is 1. The van der Waals surface area contributed by atoms with Gasteiger partial charge in [-0.25, -0.2) is 9.37 Å². The number of pyridine rings is 1. The summed E-state index contributed by atoms with van der Waals surface area (Å²) >= 11 is 6.93. The third-order valence-corrected chi connectivity index (χ3v) is 5.70. The van der Waals surface area contributed by atoms with E-state index in [0.29, 0.717) is 33.3 Å². The fourth-order valence-corrected chi connectivity index (χ4v) is 3.82. The highest BCUT2D eigenvalue weighted by Crippen LogP contribution is 2.25. The van der Waals surface area contributed by atoms with Gasteiger partial charge in [-0.05, 0) is 48.5 Å². The van der Waals surface area contributed by atoms with Crippen molar-refractivity contribution >= 4 is 35.1 Å². The number of anilines is 1. The van der Waals surface area contributed by atoms with Crippen molar-refractivity contribution in [2.45, 2.75) is 11.8 Å². The minimum Gasteiger partial charge on any atom is -0.497 e. The molecule has 1 N–H and O–H groups in total. The molecule has 1 amide bonds. The van der Waals surface area contributed by atoms with E-state index in [0.717, 1.165) is 11.8 Å². The highest BCUT2D eigenvalue weighted by atomic mass is 35.5. The molecule has 0 saturated heterocycles. The summed E-state index contributed by atoms with van der Waals surface area (Å²) < 4.78 is 27.1. The Hall–Kier alpha value is -3.63. The summed E-state index contributed by atoms with van der Waals surface area (Å²) in [5.74, 6) is 1.29. The molecule has 2 aromatic carbocycles. The quantitative estimate of drug-likeness (QED) is 0.331. The van der Waals surface area contributed by atoms with Gasteiger partial charge in [-0.1, -0.05) is 35.5 Å². The standard InChI is InChI=1S/C23H19ClFN5O3S/c1-32-16-7-9-17(10-8-16)33-13-21-28-29-23(30(21)19-5-3-2-4-18(19)25)34-14-22(31)27-20-11-6-15(24)12-26-20/h2-12H,13-14H2,1H3,(H,26,27,31). The summed E-state index contributed by atoms with van der Waals surface area (Å²) in [5, 5.41) is 11.8. The first-order chi connectivity index (χ1) is 16.5. The second-order valence-electron chi connectivity index (χ2n) is 6.85. The number of carbonyl (C=O) groups is 1. The van der Waals surface area contributed by atoms with Crippen molar-refractivity contribution in [3.63, 3.8) is 0 Å². The van der Waals surface area contributed by atoms with E-state index in [9.17, 15) is 9.18 Å². The Morgan fingerprint density at radius 1 is 1.09 bits per heavy atom. The van der Waals surface area contributed by atoms with Gasteiger partial charge in [0.2, 0.25) is 5.91 Å². The van der Waals surface area contributed by atoms with Crippen LogP contribution in [0.15, 0.2) is 72.0 Å². The molecule has 11 heteroatoms. The largest absolute Gasteiger partial charge is 0.497 e. The summed E-state index contributed by atoms with van der Waals surface area (Å²) in [6.45, 7) is 0.0368. The van der Waals surface area contributed by atoms with Gasteiger partial charge in [-0.15, -0.1) is 10.2 Å². The number of nitrogens with one attached hydrogen (secondary N) is 1. The maximum absolute atomic E-state index is 14.6. The lowest BCUT2D eigenvalue weighted by atomic mass is 10.3. The lowest BCUT2D eigenvalue weighted by Crippen LogP contribution is -2.15. The number of aromatic nitrogens is 4. The predicted molar refractivity (Wildman–Crippen MR) is 127 cm³/mol. The summed E-state index contributed by atoms with van der Waals surface area (Å²) in [6, 6.07) is 16.5. The summed E-state index contributed by atoms with van der Waals surface area (Å²) in [6.07, 6.45) is 1.44. The number of nitrogens with zero attached hydrogens (tertiary/aromatic N) is 4. The molecule has 0 aliphatic heterocycles. The maximum Gasteiger partial charge on any atom is 0.236 e. The number of benzene rings is 2. The third kappa shape index (κ3) is 5.83. The van der Waals surface area contributed by atoms with Gasteiger partial charge >= 0.3 is 0 Å². The molecule has 4 aromatic rings. The van der Waals surface area contributed by atoms with E-state index < -0.39 is 5.82 Å². The Morgan fingerprint density at radius 3 is 2.56 bits per heavy atom. The van der Waals surface area contributed by atoms with E-state index in [-0.39, 0.29) is 24.0 Å². The van der Waals surface area contributed by atoms with Crippen LogP contribution in [0, 0.1) is 5.82 Å². The zero-order chi connectivity index (χ0) is 23.9. The van der Waals surface area contributed by atoms with Crippen LogP contribution in [0.4, 0.5) is 10.2 Å². The first-order valence-electron chi connectivity index (χ1n) is 10.0. The van der Waals surface area contributed by atoms with Crippen molar-refractivity contribution in [2.24, 2.45) is 0 Å². The van der Waals surface area contributed by atoms with Gasteiger partial charge in [0.05, 0.1) is 23.6 Å². The van der Waals surface area contributed by atoms with Crippen LogP contribution in [0.2, 0.25) is 5.02 Å². The molecule has 0 fully saturated rings. The lowest BCUT2D eigenvalue weighted by molar-refractivity contribution is -0.113. The van der Waals surface area contributed by atoms with Gasteiger partial charge in [0.25, 0.3) is 0 Å². The molecule has 2 heterocycles. The minimum atomic E-state index is -0.454. The smallest absolute Gasteiger partial charge is 0.236 e. The number of amides is 1. The molecule has 0 bridgehead atoms. The molecule has 2 aromatic heterocycles. The monoisotopic (exact) mass is 499 g/mol. The summed E-state index contributed by atoms with van der Waals surface area (Å²) in [7, 11) is 1.58. The minimum absolute atomic E-state index is 0.0101. The fourth-order valence-electron chi connectivity index (χ4n) is 2.94. The van der Waals surface area contributed by atoms with Gasteiger partial charge in [0.15, 0.2) is 11.0 Å². The molecule has 0 aliphatic carbocycles. The molecular formula is C23H19ClFN5O3S. The van der Waals surface area contributed by atoms with E-state index in [1.165, 1.54) is 16.8 Å². The Labute approximate surface area is 204 Å². The van der Waals surface area contributed by atoms with Crippen LogP contribution in [0.25, 0.3) is 5.69 Å². The number of ether oxygens (including phenoxy) is 2. The van der Waals surface area contributed by atoms with Crippen molar-refractivity contribution in [1.82, 2.24) is 19.7 Å². The Kier molecular flexibility index (Phi) is 7.61. The molecule has 4 rings (SSSR count). The number of hydrogen-bond donors (Lipinski definition) is 1. The summed E-state index contributed by atoms with van der Waals surface area (Å²) in [4.78, 5) is 16.4. The van der Waals surface area contributed by atoms with Crippen LogP contribution in [0.1, 0.15) is 5.82 Å². The first kappa shape index (κ1) is 23.5. The second kappa shape index (κ2) is 11.0. The zero-order valence-corrected chi connectivity index (χ0v) is 19.5. The van der Waals surface area contributed by atoms with Gasteiger partial charge in [0, 0.05) is 6.20 Å². The highest BCUT2D eigenvalue weighted by Gasteiger charge is 2.19. The molecule has 0 saturated carbocycles. The Morgan fingerprint density at radius 2 is 1.85 bits per heavy atom. The first-order valence-corrected chi connectivity index (χ1v) is 11.4. The van der Waals surface area contributed by atoms with Crippen LogP contribution in [-0.4, -0.2) is 38.5 Å². The van der Waals surface area contributed by atoms with Crippen LogP contribution >= 0.6 is 23.4 Å². The van der Waals surface area contributed by atoms with Crippen LogP contribution in [-0.2, 0) is 11.4 Å². The van der Waals surface area contributed by atoms with Crippen molar-refractivity contribution in [3.8, 4) is 17.2 Å². The van der Waals surface area contributed by atoms with Gasteiger partial charge in [-0.3, -0.25) is 9.36 Å². The molecule has 0 radical (unpaired) electrons. The van der Waals surface area contributed by atoms with Crippen molar-refractivity contribution in [1.29, 1.82) is 0 Å². The van der Waals surface area contributed by atoms with Crippen LogP contribution in [0.5, 0.6) is 11.5 Å². The number of para-hydroxylation sites is 1. The van der Waals surface area contributed by atoms with E-state index in [1.54, 1.807) is 61.7 Å². The van der Waals surface area contributed by atoms with Crippen molar-refractivity contribution in [2.75, 3.05) is 18.2 Å². The predicted octanol–water partition coefficient (Wildman–Crippen LogP) is 4.77. The maximum atomic E-state index is 14.6. The summed E-state index contributed by atoms with van der Waals surface area (Å²) in [5.41, 5.74) is 0.253. The number of halogens is 2. The van der Waals surface area contributed by atoms with E-state index >= 15 is 0 Å². The van der Waals surface area contributed by atoms with E-state index in [2.05, 4.69) is 20.5 Å². The molecule has 0 aliphatic rings. The van der Waals surface area contributed by atoms with E-state index in [1.807, 2.05) is 0 Å². The highest BCUT2D eigenvalue weighted by molar-refractivity contribution is 7.99. The molecule has 174 valence electrons. The fraction of sp³-hybridized carbons (Fsp3) is 0.130. The van der Waals surface area contributed by atoms with Crippen LogP contribution in [0.3, 0.4) is 0 Å². The average Bonchev–Trinajstić information content (AvgIpc) is 3.26. The molecule has 0 unspecified atom stereocenters.